The Kier molecular flexibility index (Phi) is 4.05. The smallest absolute Gasteiger partial charge is 0.120 e. The van der Waals surface area contributed by atoms with Gasteiger partial charge in [-0.25, -0.2) is 0 Å². The first-order chi connectivity index (χ1) is 8.66. The largest absolute Gasteiger partial charge is 0.508 e. The van der Waals surface area contributed by atoms with Crippen molar-refractivity contribution in [3.05, 3.63) is 54.0 Å². The summed E-state index contributed by atoms with van der Waals surface area (Å²) >= 11 is 0. The van der Waals surface area contributed by atoms with Crippen LogP contribution in [0.3, 0.4) is 0 Å². The van der Waals surface area contributed by atoms with Crippen LogP contribution in [-0.2, 0) is 6.42 Å². The van der Waals surface area contributed by atoms with Crippen molar-refractivity contribution in [3.63, 3.8) is 0 Å². The van der Waals surface area contributed by atoms with Gasteiger partial charge >= 0.3 is 0 Å². The molecule has 96 valence electrons. The van der Waals surface area contributed by atoms with Gasteiger partial charge in [-0.05, 0) is 32.0 Å². The van der Waals surface area contributed by atoms with E-state index in [-0.39, 0.29) is 12.1 Å². The molecule has 0 aliphatic rings. The van der Waals surface area contributed by atoms with Crippen LogP contribution in [0.1, 0.15) is 31.2 Å². The Labute approximate surface area is 107 Å². The molecule has 18 heavy (non-hydrogen) atoms. The number of hydrogen-bond acceptors (Lipinski definition) is 3. The Morgan fingerprint density at radius 1 is 1.17 bits per heavy atom. The minimum absolute atomic E-state index is 0.108. The van der Waals surface area contributed by atoms with Gasteiger partial charge in [-0.3, -0.25) is 0 Å². The Hall–Kier alpha value is -1.74. The molecule has 0 saturated carbocycles. The van der Waals surface area contributed by atoms with Crippen molar-refractivity contribution < 1.29 is 9.52 Å². The van der Waals surface area contributed by atoms with Crippen molar-refractivity contribution >= 4 is 0 Å². The van der Waals surface area contributed by atoms with E-state index in [9.17, 15) is 5.11 Å². The molecular weight excluding hydrogens is 226 g/mol. The second-order valence-corrected chi connectivity index (χ2v) is 4.63. The lowest BCUT2D eigenvalue weighted by molar-refractivity contribution is 0.413. The van der Waals surface area contributed by atoms with Crippen molar-refractivity contribution in [2.45, 2.75) is 32.4 Å². The van der Waals surface area contributed by atoms with Gasteiger partial charge in [0.25, 0.3) is 0 Å². The SMILES string of the molecule is CC(Cc1ccco1)NC(C)c1ccccc1O. The molecule has 0 spiro atoms. The molecule has 2 aromatic rings. The standard InChI is InChI=1S/C15H19NO2/c1-11(10-13-6-5-9-18-13)16-12(2)14-7-3-4-8-15(14)17/h3-9,11-12,16-17H,10H2,1-2H3. The van der Waals surface area contributed by atoms with Crippen LogP contribution in [0.25, 0.3) is 0 Å². The van der Waals surface area contributed by atoms with Crippen molar-refractivity contribution in [1.82, 2.24) is 5.32 Å². The lowest BCUT2D eigenvalue weighted by atomic mass is 10.1. The summed E-state index contributed by atoms with van der Waals surface area (Å²) < 4.78 is 5.33. The number of furan rings is 1. The molecule has 0 amide bonds. The summed E-state index contributed by atoms with van der Waals surface area (Å²) in [5.74, 6) is 1.31. The maximum Gasteiger partial charge on any atom is 0.120 e. The van der Waals surface area contributed by atoms with E-state index in [0.717, 1.165) is 17.7 Å². The minimum atomic E-state index is 0.108. The van der Waals surface area contributed by atoms with E-state index in [1.165, 1.54) is 0 Å². The van der Waals surface area contributed by atoms with Gasteiger partial charge in [-0.2, -0.15) is 0 Å². The maximum absolute atomic E-state index is 9.79. The van der Waals surface area contributed by atoms with Gasteiger partial charge in [-0.1, -0.05) is 18.2 Å². The first-order valence-electron chi connectivity index (χ1n) is 6.23. The van der Waals surface area contributed by atoms with Gasteiger partial charge in [0.15, 0.2) is 0 Å². The van der Waals surface area contributed by atoms with Crippen molar-refractivity contribution in [2.75, 3.05) is 0 Å². The third-order valence-corrected chi connectivity index (χ3v) is 3.03. The van der Waals surface area contributed by atoms with Crippen LogP contribution < -0.4 is 5.32 Å². The van der Waals surface area contributed by atoms with Gasteiger partial charge in [0.05, 0.1) is 6.26 Å². The monoisotopic (exact) mass is 245 g/mol. The summed E-state index contributed by atoms with van der Waals surface area (Å²) in [5, 5.41) is 13.2. The van der Waals surface area contributed by atoms with E-state index in [1.54, 1.807) is 12.3 Å². The molecular formula is C15H19NO2. The van der Waals surface area contributed by atoms with E-state index in [2.05, 4.69) is 12.2 Å². The summed E-state index contributed by atoms with van der Waals surface area (Å²) in [5.41, 5.74) is 0.920. The number of phenols is 1. The topological polar surface area (TPSA) is 45.4 Å². The third kappa shape index (κ3) is 3.14. The van der Waals surface area contributed by atoms with E-state index < -0.39 is 0 Å². The summed E-state index contributed by atoms with van der Waals surface area (Å²) in [4.78, 5) is 0. The Morgan fingerprint density at radius 2 is 1.94 bits per heavy atom. The number of rotatable bonds is 5. The Morgan fingerprint density at radius 3 is 2.61 bits per heavy atom. The number of nitrogens with one attached hydrogen (secondary N) is 1. The maximum atomic E-state index is 9.79. The van der Waals surface area contributed by atoms with Gasteiger partial charge in [0.2, 0.25) is 0 Å². The highest BCUT2D eigenvalue weighted by atomic mass is 16.3. The zero-order valence-corrected chi connectivity index (χ0v) is 10.8. The summed E-state index contributed by atoms with van der Waals surface area (Å²) in [6.07, 6.45) is 2.53. The molecule has 2 atom stereocenters. The number of para-hydroxylation sites is 1. The third-order valence-electron chi connectivity index (χ3n) is 3.03. The molecule has 2 rings (SSSR count). The van der Waals surface area contributed by atoms with Gasteiger partial charge in [0, 0.05) is 24.1 Å². The van der Waals surface area contributed by atoms with Gasteiger partial charge in [-0.15, -0.1) is 0 Å². The van der Waals surface area contributed by atoms with E-state index in [4.69, 9.17) is 4.42 Å². The van der Waals surface area contributed by atoms with Crippen molar-refractivity contribution in [2.24, 2.45) is 0 Å². The van der Waals surface area contributed by atoms with Crippen LogP contribution in [-0.4, -0.2) is 11.1 Å². The molecule has 0 radical (unpaired) electrons. The molecule has 2 N–H and O–H groups in total. The predicted molar refractivity (Wildman–Crippen MR) is 71.5 cm³/mol. The van der Waals surface area contributed by atoms with Gasteiger partial charge in [0.1, 0.15) is 11.5 Å². The summed E-state index contributed by atoms with van der Waals surface area (Å²) in [6, 6.07) is 11.7. The highest BCUT2D eigenvalue weighted by molar-refractivity contribution is 5.34. The van der Waals surface area contributed by atoms with Crippen LogP contribution in [0.15, 0.2) is 47.1 Å². The molecule has 0 fully saturated rings. The first-order valence-corrected chi connectivity index (χ1v) is 6.23. The minimum Gasteiger partial charge on any atom is -0.508 e. The Balaban J connectivity index is 1.95. The van der Waals surface area contributed by atoms with Crippen LogP contribution >= 0.6 is 0 Å². The number of benzene rings is 1. The molecule has 2 unspecified atom stereocenters. The second-order valence-electron chi connectivity index (χ2n) is 4.63. The molecule has 3 nitrogen and oxygen atoms in total. The number of hydrogen-bond donors (Lipinski definition) is 2. The quantitative estimate of drug-likeness (QED) is 0.849. The van der Waals surface area contributed by atoms with Gasteiger partial charge < -0.3 is 14.8 Å². The molecule has 1 aromatic heterocycles. The predicted octanol–water partition coefficient (Wildman–Crippen LogP) is 3.27. The lowest BCUT2D eigenvalue weighted by Crippen LogP contribution is -2.30. The number of aromatic hydroxyl groups is 1. The average molecular weight is 245 g/mol. The van der Waals surface area contributed by atoms with E-state index in [0.29, 0.717) is 5.75 Å². The zero-order chi connectivity index (χ0) is 13.0. The Bertz CT molecular complexity index is 479. The fraction of sp³-hybridized carbons (Fsp3) is 0.333. The highest BCUT2D eigenvalue weighted by Crippen LogP contribution is 2.23. The van der Waals surface area contributed by atoms with E-state index >= 15 is 0 Å². The average Bonchev–Trinajstić information content (AvgIpc) is 2.82. The number of phenolic OH excluding ortho intramolecular Hbond substituents is 1. The van der Waals surface area contributed by atoms with Crippen LogP contribution in [0.2, 0.25) is 0 Å². The molecule has 1 aromatic carbocycles. The fourth-order valence-corrected chi connectivity index (χ4v) is 2.16. The van der Waals surface area contributed by atoms with Crippen molar-refractivity contribution in [1.29, 1.82) is 0 Å². The normalized spacial score (nSPS) is 14.3. The highest BCUT2D eigenvalue weighted by Gasteiger charge is 2.13. The second kappa shape index (κ2) is 5.74. The van der Waals surface area contributed by atoms with Crippen molar-refractivity contribution in [3.8, 4) is 5.75 Å². The fourth-order valence-electron chi connectivity index (χ4n) is 2.16. The molecule has 0 saturated heterocycles. The molecule has 1 heterocycles. The first kappa shape index (κ1) is 12.7. The van der Waals surface area contributed by atoms with Crippen LogP contribution in [0, 0.1) is 0 Å². The van der Waals surface area contributed by atoms with Crippen LogP contribution in [0.4, 0.5) is 0 Å². The molecule has 0 aliphatic heterocycles. The summed E-state index contributed by atoms with van der Waals surface area (Å²) in [7, 11) is 0. The molecule has 0 bridgehead atoms. The molecule has 3 heteroatoms. The molecule has 0 aliphatic carbocycles. The lowest BCUT2D eigenvalue weighted by Gasteiger charge is -2.20. The van der Waals surface area contributed by atoms with Crippen LogP contribution in [0.5, 0.6) is 5.75 Å². The van der Waals surface area contributed by atoms with E-state index in [1.807, 2.05) is 37.3 Å². The zero-order valence-electron chi connectivity index (χ0n) is 10.8. The summed E-state index contributed by atoms with van der Waals surface area (Å²) in [6.45, 7) is 4.16.